The standard InChI is InChI=1S/C13H18FNO/c1-9(2)15-8-12-5-11(4-10(3)16)6-13(14)7-12/h5-7,9,15H,4,8H2,1-3H3. The molecule has 0 aliphatic carbocycles. The Bertz CT molecular complexity index is 374. The number of nitrogens with one attached hydrogen (secondary N) is 1. The van der Waals surface area contributed by atoms with Crippen LogP contribution in [0.15, 0.2) is 18.2 Å². The van der Waals surface area contributed by atoms with E-state index in [2.05, 4.69) is 5.32 Å². The van der Waals surface area contributed by atoms with Crippen LogP contribution in [0.2, 0.25) is 0 Å². The molecule has 1 N–H and O–H groups in total. The summed E-state index contributed by atoms with van der Waals surface area (Å²) < 4.78 is 13.3. The first kappa shape index (κ1) is 12.8. The number of rotatable bonds is 5. The van der Waals surface area contributed by atoms with E-state index in [0.717, 1.165) is 11.1 Å². The lowest BCUT2D eigenvalue weighted by Gasteiger charge is -2.09. The molecule has 0 saturated carbocycles. The topological polar surface area (TPSA) is 29.1 Å². The Kier molecular flexibility index (Phi) is 4.62. The first-order valence-corrected chi connectivity index (χ1v) is 5.48. The Morgan fingerprint density at radius 1 is 1.31 bits per heavy atom. The molecule has 1 aromatic carbocycles. The first-order chi connectivity index (χ1) is 7.47. The molecule has 0 aliphatic rings. The summed E-state index contributed by atoms with van der Waals surface area (Å²) in [4.78, 5) is 11.0. The molecule has 3 heteroatoms. The molecule has 1 rings (SSSR count). The van der Waals surface area contributed by atoms with E-state index in [1.807, 2.05) is 19.9 Å². The fourth-order valence-corrected chi connectivity index (χ4v) is 1.53. The molecule has 0 atom stereocenters. The van der Waals surface area contributed by atoms with Crippen molar-refractivity contribution in [3.05, 3.63) is 35.1 Å². The molecule has 16 heavy (non-hydrogen) atoms. The normalized spacial score (nSPS) is 10.8. The maximum absolute atomic E-state index is 13.3. The second kappa shape index (κ2) is 5.75. The number of carbonyl (C=O) groups excluding carboxylic acids is 1. The van der Waals surface area contributed by atoms with Crippen LogP contribution < -0.4 is 5.32 Å². The Morgan fingerprint density at radius 2 is 1.94 bits per heavy atom. The van der Waals surface area contributed by atoms with Crippen LogP contribution in [-0.4, -0.2) is 11.8 Å². The zero-order valence-electron chi connectivity index (χ0n) is 10.0. The third kappa shape index (κ3) is 4.53. The maximum Gasteiger partial charge on any atom is 0.134 e. The Hall–Kier alpha value is -1.22. The number of hydrogen-bond donors (Lipinski definition) is 1. The van der Waals surface area contributed by atoms with E-state index in [1.54, 1.807) is 0 Å². The van der Waals surface area contributed by atoms with Gasteiger partial charge in [0.2, 0.25) is 0 Å². The van der Waals surface area contributed by atoms with Crippen molar-refractivity contribution < 1.29 is 9.18 Å². The van der Waals surface area contributed by atoms with Crippen LogP contribution in [0, 0.1) is 5.82 Å². The first-order valence-electron chi connectivity index (χ1n) is 5.48. The van der Waals surface area contributed by atoms with Crippen LogP contribution in [0.5, 0.6) is 0 Å². The number of hydrogen-bond acceptors (Lipinski definition) is 2. The highest BCUT2D eigenvalue weighted by atomic mass is 19.1. The summed E-state index contributed by atoms with van der Waals surface area (Å²) in [6, 6.07) is 5.15. The van der Waals surface area contributed by atoms with E-state index >= 15 is 0 Å². The van der Waals surface area contributed by atoms with Crippen molar-refractivity contribution in [1.29, 1.82) is 0 Å². The lowest BCUT2D eigenvalue weighted by Crippen LogP contribution is -2.22. The van der Waals surface area contributed by atoms with Crippen LogP contribution in [0.4, 0.5) is 4.39 Å². The molecule has 0 saturated heterocycles. The van der Waals surface area contributed by atoms with Gasteiger partial charge in [-0.15, -0.1) is 0 Å². The predicted octanol–water partition coefficient (Wildman–Crippen LogP) is 2.46. The third-order valence-corrected chi connectivity index (χ3v) is 2.18. The van der Waals surface area contributed by atoms with E-state index < -0.39 is 0 Å². The van der Waals surface area contributed by atoms with Crippen LogP contribution >= 0.6 is 0 Å². The third-order valence-electron chi connectivity index (χ3n) is 2.18. The summed E-state index contributed by atoms with van der Waals surface area (Å²) in [5.41, 5.74) is 1.62. The van der Waals surface area contributed by atoms with Gasteiger partial charge in [-0.1, -0.05) is 19.9 Å². The van der Waals surface area contributed by atoms with E-state index in [1.165, 1.54) is 19.1 Å². The van der Waals surface area contributed by atoms with Crippen LogP contribution in [0.25, 0.3) is 0 Å². The van der Waals surface area contributed by atoms with Gasteiger partial charge in [0.15, 0.2) is 0 Å². The van der Waals surface area contributed by atoms with Crippen LogP contribution in [0.3, 0.4) is 0 Å². The SMILES string of the molecule is CC(=O)Cc1cc(F)cc(CNC(C)C)c1. The molecule has 0 aromatic heterocycles. The Labute approximate surface area is 95.9 Å². The summed E-state index contributed by atoms with van der Waals surface area (Å²) in [5, 5.41) is 3.22. The predicted molar refractivity (Wildman–Crippen MR) is 62.8 cm³/mol. The van der Waals surface area contributed by atoms with Crippen molar-refractivity contribution in [2.24, 2.45) is 0 Å². The van der Waals surface area contributed by atoms with E-state index in [-0.39, 0.29) is 11.6 Å². The highest BCUT2D eigenvalue weighted by molar-refractivity contribution is 5.78. The van der Waals surface area contributed by atoms with Gasteiger partial charge in [0.1, 0.15) is 11.6 Å². The van der Waals surface area contributed by atoms with Crippen LogP contribution in [0.1, 0.15) is 31.9 Å². The smallest absolute Gasteiger partial charge is 0.134 e. The van der Waals surface area contributed by atoms with Gasteiger partial charge in [-0.25, -0.2) is 4.39 Å². The number of ketones is 1. The van der Waals surface area contributed by atoms with Crippen LogP contribution in [-0.2, 0) is 17.8 Å². The molecule has 0 fully saturated rings. The molecule has 0 aliphatic heterocycles. The van der Waals surface area contributed by atoms with Crippen molar-refractivity contribution >= 4 is 5.78 Å². The summed E-state index contributed by atoms with van der Waals surface area (Å²) in [6.45, 7) is 6.21. The Morgan fingerprint density at radius 3 is 2.50 bits per heavy atom. The fraction of sp³-hybridized carbons (Fsp3) is 0.462. The number of Topliss-reactive ketones (excluding diaryl/α,β-unsaturated/α-hetero) is 1. The number of halogens is 1. The lowest BCUT2D eigenvalue weighted by atomic mass is 10.1. The molecule has 0 unspecified atom stereocenters. The molecule has 0 amide bonds. The summed E-state index contributed by atoms with van der Waals surface area (Å²) in [7, 11) is 0. The molecular formula is C13H18FNO. The lowest BCUT2D eigenvalue weighted by molar-refractivity contribution is -0.116. The molecule has 0 spiro atoms. The van der Waals surface area contributed by atoms with Crippen molar-refractivity contribution in [1.82, 2.24) is 5.32 Å². The van der Waals surface area contributed by atoms with Crippen molar-refractivity contribution in [3.8, 4) is 0 Å². The zero-order chi connectivity index (χ0) is 12.1. The molecule has 2 nitrogen and oxygen atoms in total. The van der Waals surface area contributed by atoms with Gasteiger partial charge in [0.25, 0.3) is 0 Å². The largest absolute Gasteiger partial charge is 0.310 e. The van der Waals surface area contributed by atoms with Gasteiger partial charge in [0, 0.05) is 19.0 Å². The van der Waals surface area contributed by atoms with Crippen molar-refractivity contribution in [2.75, 3.05) is 0 Å². The minimum Gasteiger partial charge on any atom is -0.310 e. The average Bonchev–Trinajstić information content (AvgIpc) is 2.12. The highest BCUT2D eigenvalue weighted by Crippen LogP contribution is 2.10. The zero-order valence-corrected chi connectivity index (χ0v) is 10.0. The molecule has 0 radical (unpaired) electrons. The number of benzene rings is 1. The van der Waals surface area contributed by atoms with Crippen molar-refractivity contribution in [2.45, 2.75) is 39.8 Å². The Balaban J connectivity index is 2.77. The highest BCUT2D eigenvalue weighted by Gasteiger charge is 2.03. The molecule has 1 aromatic rings. The van der Waals surface area contributed by atoms with Gasteiger partial charge < -0.3 is 5.32 Å². The molecular weight excluding hydrogens is 205 g/mol. The van der Waals surface area contributed by atoms with Gasteiger partial charge in [-0.2, -0.15) is 0 Å². The fourth-order valence-electron chi connectivity index (χ4n) is 1.53. The quantitative estimate of drug-likeness (QED) is 0.830. The monoisotopic (exact) mass is 223 g/mol. The average molecular weight is 223 g/mol. The van der Waals surface area contributed by atoms with E-state index in [9.17, 15) is 9.18 Å². The van der Waals surface area contributed by atoms with Gasteiger partial charge in [0.05, 0.1) is 0 Å². The van der Waals surface area contributed by atoms with Gasteiger partial charge in [-0.05, 0) is 30.2 Å². The van der Waals surface area contributed by atoms with Gasteiger partial charge >= 0.3 is 0 Å². The molecule has 0 heterocycles. The van der Waals surface area contributed by atoms with E-state index in [4.69, 9.17) is 0 Å². The second-order valence-electron chi connectivity index (χ2n) is 4.38. The molecule has 88 valence electrons. The summed E-state index contributed by atoms with van der Waals surface area (Å²) in [6.07, 6.45) is 0.298. The second-order valence-corrected chi connectivity index (χ2v) is 4.38. The minimum atomic E-state index is -0.278. The van der Waals surface area contributed by atoms with Gasteiger partial charge in [-0.3, -0.25) is 4.79 Å². The molecule has 0 bridgehead atoms. The summed E-state index contributed by atoms with van der Waals surface area (Å²) in [5.74, 6) is -0.229. The van der Waals surface area contributed by atoms with Crippen molar-refractivity contribution in [3.63, 3.8) is 0 Å². The minimum absolute atomic E-state index is 0.0494. The van der Waals surface area contributed by atoms with E-state index in [0.29, 0.717) is 19.0 Å². The maximum atomic E-state index is 13.3. The number of carbonyl (C=O) groups is 1. The summed E-state index contributed by atoms with van der Waals surface area (Å²) >= 11 is 0.